The van der Waals surface area contributed by atoms with Crippen LogP contribution in [0.2, 0.25) is 10.0 Å². The first kappa shape index (κ1) is 19.7. The first-order valence-electron chi connectivity index (χ1n) is 10.0. The lowest BCUT2D eigenvalue weighted by Gasteiger charge is -2.38. The molecule has 2 heterocycles. The van der Waals surface area contributed by atoms with Crippen molar-refractivity contribution in [2.24, 2.45) is 0 Å². The molecule has 2 aliphatic rings. The molecule has 1 aliphatic carbocycles. The van der Waals surface area contributed by atoms with Crippen molar-refractivity contribution < 1.29 is 9.21 Å². The minimum absolute atomic E-state index is 0.176. The van der Waals surface area contributed by atoms with E-state index >= 15 is 0 Å². The highest BCUT2D eigenvalue weighted by Crippen LogP contribution is 2.31. The van der Waals surface area contributed by atoms with E-state index in [0.717, 1.165) is 37.8 Å². The van der Waals surface area contributed by atoms with Crippen LogP contribution in [0, 0.1) is 0 Å². The maximum absolute atomic E-state index is 12.6. The van der Waals surface area contributed by atoms with Crippen LogP contribution in [0.15, 0.2) is 28.8 Å². The summed E-state index contributed by atoms with van der Waals surface area (Å²) in [5.41, 5.74) is 0.749. The summed E-state index contributed by atoms with van der Waals surface area (Å²) in [6.45, 7) is 3.64. The third kappa shape index (κ3) is 4.53. The van der Waals surface area contributed by atoms with Crippen LogP contribution in [0.25, 0.3) is 11.3 Å². The largest absolute Gasteiger partial charge is 0.441 e. The minimum Gasteiger partial charge on any atom is -0.441 e. The van der Waals surface area contributed by atoms with E-state index in [9.17, 15) is 4.79 Å². The van der Waals surface area contributed by atoms with E-state index in [1.165, 1.54) is 25.7 Å². The molecular formula is C21H25Cl2N3O2. The van der Waals surface area contributed by atoms with Gasteiger partial charge in [0.05, 0.1) is 11.2 Å². The van der Waals surface area contributed by atoms with Crippen LogP contribution in [0.4, 0.5) is 0 Å². The minimum atomic E-state index is 0.176. The third-order valence-electron chi connectivity index (χ3n) is 5.81. The molecule has 1 saturated heterocycles. The summed E-state index contributed by atoms with van der Waals surface area (Å²) in [6, 6.07) is 5.99. The number of carbonyl (C=O) groups is 1. The van der Waals surface area contributed by atoms with Crippen molar-refractivity contribution in [3.05, 3.63) is 40.3 Å². The van der Waals surface area contributed by atoms with Crippen molar-refractivity contribution in [1.29, 1.82) is 0 Å². The molecule has 28 heavy (non-hydrogen) atoms. The molecule has 4 rings (SSSR count). The Bertz CT molecular complexity index is 825. The second-order valence-electron chi connectivity index (χ2n) is 7.60. The molecule has 1 saturated carbocycles. The van der Waals surface area contributed by atoms with Gasteiger partial charge in [0.25, 0.3) is 0 Å². The van der Waals surface area contributed by atoms with Crippen LogP contribution < -0.4 is 0 Å². The Morgan fingerprint density at radius 3 is 2.61 bits per heavy atom. The second kappa shape index (κ2) is 8.85. The highest BCUT2D eigenvalue weighted by molar-refractivity contribution is 6.36. The summed E-state index contributed by atoms with van der Waals surface area (Å²) >= 11 is 12.2. The van der Waals surface area contributed by atoms with Crippen molar-refractivity contribution in [1.82, 2.24) is 14.8 Å². The predicted molar refractivity (Wildman–Crippen MR) is 111 cm³/mol. The average Bonchev–Trinajstić information content (AvgIpc) is 3.38. The maximum Gasteiger partial charge on any atom is 0.223 e. The zero-order valence-corrected chi connectivity index (χ0v) is 17.4. The van der Waals surface area contributed by atoms with Gasteiger partial charge < -0.3 is 9.32 Å². The molecule has 1 aliphatic heterocycles. The van der Waals surface area contributed by atoms with Gasteiger partial charge in [0.1, 0.15) is 0 Å². The summed E-state index contributed by atoms with van der Waals surface area (Å²) in [7, 11) is 0. The Balaban J connectivity index is 1.28. The first-order chi connectivity index (χ1) is 13.6. The number of aryl methyl sites for hydroxylation is 1. The van der Waals surface area contributed by atoms with Gasteiger partial charge in [0.2, 0.25) is 5.91 Å². The number of piperazine rings is 1. The topological polar surface area (TPSA) is 49.6 Å². The molecule has 0 bridgehead atoms. The van der Waals surface area contributed by atoms with Crippen molar-refractivity contribution in [2.45, 2.75) is 44.6 Å². The number of rotatable bonds is 5. The SMILES string of the molecule is O=C(CCc1ncc(-c2ccc(Cl)cc2Cl)o1)N1CCN(C2CCCC2)CC1. The lowest BCUT2D eigenvalue weighted by Crippen LogP contribution is -2.51. The van der Waals surface area contributed by atoms with Crippen LogP contribution in [0.5, 0.6) is 0 Å². The smallest absolute Gasteiger partial charge is 0.223 e. The zero-order chi connectivity index (χ0) is 19.5. The van der Waals surface area contributed by atoms with Crippen molar-refractivity contribution >= 4 is 29.1 Å². The lowest BCUT2D eigenvalue weighted by molar-refractivity contribution is -0.133. The lowest BCUT2D eigenvalue weighted by atomic mass is 10.1. The van der Waals surface area contributed by atoms with Gasteiger partial charge in [-0.1, -0.05) is 36.0 Å². The Morgan fingerprint density at radius 1 is 1.14 bits per heavy atom. The Hall–Kier alpha value is -1.56. The normalized spacial score (nSPS) is 18.7. The summed E-state index contributed by atoms with van der Waals surface area (Å²) in [5, 5.41) is 1.10. The summed E-state index contributed by atoms with van der Waals surface area (Å²) < 4.78 is 5.80. The fraction of sp³-hybridized carbons (Fsp3) is 0.524. The molecule has 150 valence electrons. The monoisotopic (exact) mass is 421 g/mol. The van der Waals surface area contributed by atoms with Crippen LogP contribution in [-0.4, -0.2) is 52.9 Å². The number of aromatic nitrogens is 1. The van der Waals surface area contributed by atoms with Gasteiger partial charge in [-0.2, -0.15) is 0 Å². The van der Waals surface area contributed by atoms with E-state index in [1.807, 2.05) is 11.0 Å². The van der Waals surface area contributed by atoms with E-state index < -0.39 is 0 Å². The Labute approximate surface area is 175 Å². The van der Waals surface area contributed by atoms with Crippen LogP contribution >= 0.6 is 23.2 Å². The molecule has 1 aromatic heterocycles. The van der Waals surface area contributed by atoms with Crippen molar-refractivity contribution in [3.63, 3.8) is 0 Å². The molecule has 0 unspecified atom stereocenters. The van der Waals surface area contributed by atoms with Crippen LogP contribution in [0.3, 0.4) is 0 Å². The third-order valence-corrected chi connectivity index (χ3v) is 6.36. The molecule has 7 heteroatoms. The van der Waals surface area contributed by atoms with Gasteiger partial charge >= 0.3 is 0 Å². The standard InChI is InChI=1S/C21H25Cl2N3O2/c22-15-5-6-17(18(23)13-15)19-14-24-20(28-19)7-8-21(27)26-11-9-25(10-12-26)16-3-1-2-4-16/h5-6,13-14,16H,1-4,7-12H2. The fourth-order valence-electron chi connectivity index (χ4n) is 4.22. The van der Waals surface area contributed by atoms with Crippen molar-refractivity contribution in [3.8, 4) is 11.3 Å². The zero-order valence-electron chi connectivity index (χ0n) is 15.9. The van der Waals surface area contributed by atoms with Gasteiger partial charge in [0, 0.05) is 55.6 Å². The van der Waals surface area contributed by atoms with E-state index in [2.05, 4.69) is 9.88 Å². The number of nitrogens with zero attached hydrogens (tertiary/aromatic N) is 3. The highest BCUT2D eigenvalue weighted by Gasteiger charge is 2.27. The molecule has 0 radical (unpaired) electrons. The molecule has 2 aromatic rings. The summed E-state index contributed by atoms with van der Waals surface area (Å²) in [5.74, 6) is 1.32. The van der Waals surface area contributed by atoms with Gasteiger partial charge in [-0.15, -0.1) is 0 Å². The molecule has 0 spiro atoms. The number of carbonyl (C=O) groups excluding carboxylic acids is 1. The maximum atomic E-state index is 12.6. The number of hydrogen-bond donors (Lipinski definition) is 0. The highest BCUT2D eigenvalue weighted by atomic mass is 35.5. The fourth-order valence-corrected chi connectivity index (χ4v) is 4.72. The molecular weight excluding hydrogens is 397 g/mol. The molecule has 2 fully saturated rings. The van der Waals surface area contributed by atoms with Crippen LogP contribution in [0.1, 0.15) is 38.0 Å². The number of hydrogen-bond acceptors (Lipinski definition) is 4. The van der Waals surface area contributed by atoms with Gasteiger partial charge in [-0.3, -0.25) is 9.69 Å². The van der Waals surface area contributed by atoms with E-state index in [4.69, 9.17) is 27.6 Å². The molecule has 1 aromatic carbocycles. The van der Waals surface area contributed by atoms with E-state index in [-0.39, 0.29) is 5.91 Å². The first-order valence-corrected chi connectivity index (χ1v) is 10.8. The molecule has 5 nitrogen and oxygen atoms in total. The number of amides is 1. The Kier molecular flexibility index (Phi) is 6.24. The van der Waals surface area contributed by atoms with Gasteiger partial charge in [-0.25, -0.2) is 4.98 Å². The van der Waals surface area contributed by atoms with Gasteiger partial charge in [0.15, 0.2) is 11.7 Å². The number of oxazole rings is 1. The van der Waals surface area contributed by atoms with E-state index in [0.29, 0.717) is 34.5 Å². The molecule has 1 amide bonds. The van der Waals surface area contributed by atoms with Crippen molar-refractivity contribution in [2.75, 3.05) is 26.2 Å². The average molecular weight is 422 g/mol. The molecule has 0 N–H and O–H groups in total. The Morgan fingerprint density at radius 2 is 1.89 bits per heavy atom. The van der Waals surface area contributed by atoms with Gasteiger partial charge in [-0.05, 0) is 31.0 Å². The quantitative estimate of drug-likeness (QED) is 0.703. The summed E-state index contributed by atoms with van der Waals surface area (Å²) in [6.07, 6.45) is 7.89. The summed E-state index contributed by atoms with van der Waals surface area (Å²) in [4.78, 5) is 21.4. The predicted octanol–water partition coefficient (Wildman–Crippen LogP) is 4.67. The second-order valence-corrected chi connectivity index (χ2v) is 8.44. The number of halogens is 2. The number of benzene rings is 1. The molecule has 0 atom stereocenters. The van der Waals surface area contributed by atoms with Crippen LogP contribution in [-0.2, 0) is 11.2 Å². The van der Waals surface area contributed by atoms with E-state index in [1.54, 1.807) is 18.3 Å².